The molecule has 6 heteroatoms. The van der Waals surface area contributed by atoms with Crippen molar-refractivity contribution in [3.8, 4) is 33.8 Å². The molecule has 6 nitrogen and oxygen atoms in total. The number of hydrogen-bond acceptors (Lipinski definition) is 6. The first kappa shape index (κ1) is 28.7. The van der Waals surface area contributed by atoms with E-state index in [-0.39, 0.29) is 0 Å². The van der Waals surface area contributed by atoms with Crippen LogP contribution in [0.4, 0.5) is 0 Å². The number of hydrogen-bond donors (Lipinski definition) is 0. The van der Waals surface area contributed by atoms with Crippen LogP contribution in [0.3, 0.4) is 0 Å². The van der Waals surface area contributed by atoms with Gasteiger partial charge in [-0.2, -0.15) is 0 Å². The van der Waals surface area contributed by atoms with Gasteiger partial charge in [0.15, 0.2) is 0 Å². The average Bonchev–Trinajstić information content (AvgIpc) is 2.93. The molecule has 0 N–H and O–H groups in total. The molecule has 3 aromatic rings. The fraction of sp³-hybridized carbons (Fsp3) is 0.152. The Hall–Kier alpha value is -4.84. The molecule has 0 bridgehead atoms. The van der Waals surface area contributed by atoms with E-state index in [0.29, 0.717) is 40.1 Å². The Balaban J connectivity index is 1.65. The third-order valence-electron chi connectivity index (χ3n) is 5.81. The van der Waals surface area contributed by atoms with Crippen LogP contribution in [-0.4, -0.2) is 11.9 Å². The second-order valence-corrected chi connectivity index (χ2v) is 8.85. The Bertz CT molecular complexity index is 1420. The summed E-state index contributed by atoms with van der Waals surface area (Å²) in [5, 5.41) is 0. The number of ether oxygens (including phenoxy) is 4. The molecule has 0 aliphatic rings. The molecule has 0 aliphatic carbocycles. The lowest BCUT2D eigenvalue weighted by atomic mass is 10.0. The van der Waals surface area contributed by atoms with Gasteiger partial charge in [-0.05, 0) is 81.1 Å². The maximum absolute atomic E-state index is 11.7. The summed E-state index contributed by atoms with van der Waals surface area (Å²) in [4.78, 5) is 23.1. The summed E-state index contributed by atoms with van der Waals surface area (Å²) in [5.74, 6) is 2.02. The molecule has 0 spiro atoms. The zero-order chi connectivity index (χ0) is 28.5. The van der Waals surface area contributed by atoms with Gasteiger partial charge in [-0.15, -0.1) is 0 Å². The van der Waals surface area contributed by atoms with Crippen LogP contribution in [0.5, 0.6) is 11.5 Å². The minimum atomic E-state index is -0.528. The van der Waals surface area contributed by atoms with Gasteiger partial charge in [-0.25, -0.2) is 9.59 Å². The van der Waals surface area contributed by atoms with Gasteiger partial charge < -0.3 is 18.9 Å². The van der Waals surface area contributed by atoms with E-state index in [1.165, 1.54) is 0 Å². The molecular formula is C33H32O6. The summed E-state index contributed by atoms with van der Waals surface area (Å²) >= 11 is 0. The van der Waals surface area contributed by atoms with Gasteiger partial charge in [-0.1, -0.05) is 61.7 Å². The number of esters is 2. The monoisotopic (exact) mass is 524 g/mol. The van der Waals surface area contributed by atoms with Crippen molar-refractivity contribution < 1.29 is 28.5 Å². The Labute approximate surface area is 229 Å². The zero-order valence-electron chi connectivity index (χ0n) is 22.9. The van der Waals surface area contributed by atoms with Gasteiger partial charge in [0.1, 0.15) is 34.5 Å². The Morgan fingerprint density at radius 3 is 1.23 bits per heavy atom. The second kappa shape index (κ2) is 13.1. The number of rotatable bonds is 10. The summed E-state index contributed by atoms with van der Waals surface area (Å²) in [6.07, 6.45) is 1.11. The van der Waals surface area contributed by atoms with Crippen LogP contribution >= 0.6 is 0 Å². The lowest BCUT2D eigenvalue weighted by Gasteiger charge is -2.11. The summed E-state index contributed by atoms with van der Waals surface area (Å²) < 4.78 is 21.9. The van der Waals surface area contributed by atoms with Crippen molar-refractivity contribution in [1.82, 2.24) is 0 Å². The van der Waals surface area contributed by atoms with E-state index in [1.807, 2.05) is 48.5 Å². The summed E-state index contributed by atoms with van der Waals surface area (Å²) in [7, 11) is 0. The van der Waals surface area contributed by atoms with Crippen molar-refractivity contribution in [3.63, 3.8) is 0 Å². The number of benzene rings is 3. The summed E-state index contributed by atoms with van der Waals surface area (Å²) in [6.45, 7) is 15.4. The first-order valence-electron chi connectivity index (χ1n) is 12.3. The Morgan fingerprint density at radius 2 is 0.897 bits per heavy atom. The van der Waals surface area contributed by atoms with Gasteiger partial charge in [0, 0.05) is 11.6 Å². The van der Waals surface area contributed by atoms with E-state index in [4.69, 9.17) is 18.9 Å². The second-order valence-electron chi connectivity index (χ2n) is 8.85. The minimum absolute atomic E-state index is 0.326. The molecule has 3 rings (SSSR count). The SMILES string of the molecule is C=CC(=O)OC(C)=C(C)Oc1ccc(-c2ccc(-c3ccc(OC(C)=C(C)OC(=O)C(=C)C)cc3)cc2)cc1. The fourth-order valence-corrected chi connectivity index (χ4v) is 3.35. The molecule has 3 aromatic carbocycles. The molecule has 0 atom stereocenters. The quantitative estimate of drug-likeness (QED) is 0.151. The van der Waals surface area contributed by atoms with Crippen LogP contribution in [0.2, 0.25) is 0 Å². The van der Waals surface area contributed by atoms with Gasteiger partial charge >= 0.3 is 11.9 Å². The summed E-state index contributed by atoms with van der Waals surface area (Å²) in [6, 6.07) is 23.6. The maximum atomic E-state index is 11.7. The number of carbonyl (C=O) groups excluding carboxylic acids is 2. The molecule has 0 unspecified atom stereocenters. The van der Waals surface area contributed by atoms with E-state index in [0.717, 1.165) is 28.3 Å². The third kappa shape index (κ3) is 8.07. The van der Waals surface area contributed by atoms with Crippen LogP contribution in [0, 0.1) is 0 Å². The van der Waals surface area contributed by atoms with E-state index in [9.17, 15) is 9.59 Å². The predicted molar refractivity (Wildman–Crippen MR) is 153 cm³/mol. The molecule has 0 saturated heterocycles. The molecule has 39 heavy (non-hydrogen) atoms. The average molecular weight is 525 g/mol. The van der Waals surface area contributed by atoms with Gasteiger partial charge in [0.25, 0.3) is 0 Å². The van der Waals surface area contributed by atoms with E-state index in [1.54, 1.807) is 34.6 Å². The van der Waals surface area contributed by atoms with Crippen LogP contribution in [-0.2, 0) is 19.1 Å². The minimum Gasteiger partial charge on any atom is -0.459 e. The lowest BCUT2D eigenvalue weighted by molar-refractivity contribution is -0.135. The van der Waals surface area contributed by atoms with Crippen molar-refractivity contribution in [2.24, 2.45) is 0 Å². The molecule has 0 aromatic heterocycles. The van der Waals surface area contributed by atoms with Crippen LogP contribution < -0.4 is 9.47 Å². The highest BCUT2D eigenvalue weighted by atomic mass is 16.6. The van der Waals surface area contributed by atoms with Gasteiger partial charge in [0.2, 0.25) is 0 Å². The van der Waals surface area contributed by atoms with E-state index < -0.39 is 11.9 Å². The van der Waals surface area contributed by atoms with Crippen molar-refractivity contribution in [1.29, 1.82) is 0 Å². The van der Waals surface area contributed by atoms with E-state index in [2.05, 4.69) is 37.4 Å². The zero-order valence-corrected chi connectivity index (χ0v) is 22.9. The van der Waals surface area contributed by atoms with Gasteiger partial charge in [0.05, 0.1) is 0 Å². The highest BCUT2D eigenvalue weighted by Crippen LogP contribution is 2.28. The van der Waals surface area contributed by atoms with Crippen LogP contribution in [0.25, 0.3) is 22.3 Å². The topological polar surface area (TPSA) is 71.1 Å². The fourth-order valence-electron chi connectivity index (χ4n) is 3.35. The first-order chi connectivity index (χ1) is 18.6. The molecular weight excluding hydrogens is 492 g/mol. The number of carbonyl (C=O) groups is 2. The third-order valence-corrected chi connectivity index (χ3v) is 5.81. The Morgan fingerprint density at radius 1 is 0.564 bits per heavy atom. The molecule has 0 radical (unpaired) electrons. The highest BCUT2D eigenvalue weighted by molar-refractivity contribution is 5.87. The smallest absolute Gasteiger partial charge is 0.338 e. The van der Waals surface area contributed by atoms with E-state index >= 15 is 0 Å². The largest absolute Gasteiger partial charge is 0.459 e. The van der Waals surface area contributed by atoms with Crippen LogP contribution in [0.15, 0.2) is 121 Å². The molecule has 0 aliphatic heterocycles. The highest BCUT2D eigenvalue weighted by Gasteiger charge is 2.09. The predicted octanol–water partition coefficient (Wildman–Crippen LogP) is 8.13. The van der Waals surface area contributed by atoms with Crippen molar-refractivity contribution in [3.05, 3.63) is 121 Å². The lowest BCUT2D eigenvalue weighted by Crippen LogP contribution is -2.06. The molecule has 0 heterocycles. The standard InChI is InChI=1S/C33H32O6/c1-8-32(34)38-24(6)22(4)36-30-17-13-28(14-18-30)26-9-11-27(12-10-26)29-15-19-31(20-16-29)37-23(5)25(7)39-33(35)21(2)3/h8-20H,1-2H2,3-7H3. The summed E-state index contributed by atoms with van der Waals surface area (Å²) in [5.41, 5.74) is 4.54. The molecule has 0 fully saturated rings. The molecule has 200 valence electrons. The number of allylic oxidation sites excluding steroid dienone is 4. The van der Waals surface area contributed by atoms with Crippen molar-refractivity contribution in [2.45, 2.75) is 34.6 Å². The van der Waals surface area contributed by atoms with Crippen molar-refractivity contribution in [2.75, 3.05) is 0 Å². The molecule has 0 amide bonds. The normalized spacial score (nSPS) is 11.9. The maximum Gasteiger partial charge on any atom is 0.338 e. The van der Waals surface area contributed by atoms with Crippen molar-refractivity contribution >= 4 is 11.9 Å². The van der Waals surface area contributed by atoms with Gasteiger partial charge in [-0.3, -0.25) is 0 Å². The molecule has 0 saturated carbocycles. The van der Waals surface area contributed by atoms with Crippen LogP contribution in [0.1, 0.15) is 34.6 Å². The first-order valence-corrected chi connectivity index (χ1v) is 12.3. The Kier molecular flexibility index (Phi) is 9.65.